The normalized spacial score (nSPS) is 16.1. The van der Waals surface area contributed by atoms with Gasteiger partial charge >= 0.3 is 0 Å². The maximum absolute atomic E-state index is 12.6. The van der Waals surface area contributed by atoms with Crippen molar-refractivity contribution < 1.29 is 14.3 Å². The van der Waals surface area contributed by atoms with Crippen LogP contribution >= 0.6 is 27.7 Å². The Balaban J connectivity index is 1.88. The second-order valence-corrected chi connectivity index (χ2v) is 6.82. The Morgan fingerprint density at radius 2 is 1.92 bits per heavy atom. The van der Waals surface area contributed by atoms with Gasteiger partial charge in [0.1, 0.15) is 5.75 Å². The summed E-state index contributed by atoms with van der Waals surface area (Å²) in [5, 5.41) is -0.289. The lowest BCUT2D eigenvalue weighted by Crippen LogP contribution is -2.27. The number of para-hydroxylation sites is 1. The molecule has 1 heterocycles. The van der Waals surface area contributed by atoms with E-state index in [-0.39, 0.29) is 11.1 Å². The monoisotopic (exact) mass is 403 g/mol. The van der Waals surface area contributed by atoms with E-state index >= 15 is 0 Å². The minimum Gasteiger partial charge on any atom is -0.493 e. The number of hydrogen-bond acceptors (Lipinski definition) is 4. The maximum Gasteiger partial charge on any atom is 0.298 e. The summed E-state index contributed by atoms with van der Waals surface area (Å²) in [7, 11) is 0. The predicted octanol–water partition coefficient (Wildman–Crippen LogP) is 5.09. The highest BCUT2D eigenvalue weighted by molar-refractivity contribution is 9.10. The first kappa shape index (κ1) is 16.8. The Morgan fingerprint density at radius 3 is 2.58 bits per heavy atom. The zero-order valence-electron chi connectivity index (χ0n) is 12.9. The zero-order chi connectivity index (χ0) is 17.1. The molecule has 0 aliphatic carbocycles. The summed E-state index contributed by atoms with van der Waals surface area (Å²) >= 11 is 4.39. The van der Waals surface area contributed by atoms with Crippen molar-refractivity contribution >= 4 is 50.6 Å². The highest BCUT2D eigenvalue weighted by atomic mass is 79.9. The fourth-order valence-corrected chi connectivity index (χ4v) is 3.65. The van der Waals surface area contributed by atoms with E-state index in [1.165, 1.54) is 4.90 Å². The molecule has 0 unspecified atom stereocenters. The first-order chi connectivity index (χ1) is 11.6. The van der Waals surface area contributed by atoms with Gasteiger partial charge in [-0.3, -0.25) is 9.59 Å². The largest absolute Gasteiger partial charge is 0.493 e. The maximum atomic E-state index is 12.6. The predicted molar refractivity (Wildman–Crippen MR) is 100 cm³/mol. The Hall–Kier alpha value is -2.05. The molecular formula is C18H14BrNO3S. The number of imide groups is 1. The molecule has 4 nitrogen and oxygen atoms in total. The van der Waals surface area contributed by atoms with Crippen LogP contribution in [0.15, 0.2) is 57.9 Å². The van der Waals surface area contributed by atoms with Crippen molar-refractivity contribution in [3.05, 3.63) is 63.5 Å². The van der Waals surface area contributed by atoms with Crippen LogP contribution in [0, 0.1) is 0 Å². The number of halogens is 1. The molecule has 1 aliphatic heterocycles. The van der Waals surface area contributed by atoms with Crippen molar-refractivity contribution in [3.63, 3.8) is 0 Å². The second-order valence-electron chi connectivity index (χ2n) is 4.98. The minimum atomic E-state index is -0.304. The lowest BCUT2D eigenvalue weighted by Gasteiger charge is -2.11. The highest BCUT2D eigenvalue weighted by Gasteiger charge is 2.36. The van der Waals surface area contributed by atoms with Crippen molar-refractivity contribution in [3.8, 4) is 5.75 Å². The van der Waals surface area contributed by atoms with Gasteiger partial charge in [-0.15, -0.1) is 0 Å². The lowest BCUT2D eigenvalue weighted by molar-refractivity contribution is -0.113. The summed E-state index contributed by atoms with van der Waals surface area (Å²) < 4.78 is 6.28. The minimum absolute atomic E-state index is 0.289. The lowest BCUT2D eigenvalue weighted by atomic mass is 10.2. The van der Waals surface area contributed by atoms with Gasteiger partial charge < -0.3 is 4.74 Å². The number of benzene rings is 2. The zero-order valence-corrected chi connectivity index (χ0v) is 15.3. The number of carbonyl (C=O) groups excluding carboxylic acids is 2. The van der Waals surface area contributed by atoms with E-state index < -0.39 is 0 Å². The van der Waals surface area contributed by atoms with Crippen molar-refractivity contribution in [1.29, 1.82) is 0 Å². The van der Waals surface area contributed by atoms with Crippen LogP contribution in [-0.2, 0) is 4.79 Å². The number of ether oxygens (including phenoxy) is 1. The summed E-state index contributed by atoms with van der Waals surface area (Å²) in [6.45, 7) is 2.49. The summed E-state index contributed by atoms with van der Waals surface area (Å²) in [5.41, 5.74) is 1.40. The van der Waals surface area contributed by atoms with E-state index in [4.69, 9.17) is 4.74 Å². The molecule has 0 atom stereocenters. The number of amides is 2. The van der Waals surface area contributed by atoms with Crippen LogP contribution in [0.25, 0.3) is 6.08 Å². The fraction of sp³-hybridized carbons (Fsp3) is 0.111. The van der Waals surface area contributed by atoms with Crippen LogP contribution in [0.5, 0.6) is 5.75 Å². The van der Waals surface area contributed by atoms with E-state index in [9.17, 15) is 9.59 Å². The fourth-order valence-electron chi connectivity index (χ4n) is 2.30. The third kappa shape index (κ3) is 3.39. The molecule has 0 bridgehead atoms. The number of thioether (sulfide) groups is 1. The molecule has 2 amide bonds. The molecule has 122 valence electrons. The number of nitrogens with zero attached hydrogens (tertiary/aromatic N) is 1. The number of hydrogen-bond donors (Lipinski definition) is 0. The molecule has 2 aromatic carbocycles. The molecule has 0 radical (unpaired) electrons. The average Bonchev–Trinajstić information content (AvgIpc) is 2.85. The van der Waals surface area contributed by atoms with Crippen molar-refractivity contribution in [2.24, 2.45) is 0 Å². The average molecular weight is 404 g/mol. The topological polar surface area (TPSA) is 46.6 Å². The van der Waals surface area contributed by atoms with Crippen LogP contribution in [0.3, 0.4) is 0 Å². The molecule has 24 heavy (non-hydrogen) atoms. The van der Waals surface area contributed by atoms with Crippen LogP contribution < -0.4 is 9.64 Å². The first-order valence-electron chi connectivity index (χ1n) is 7.35. The number of rotatable bonds is 4. The third-order valence-corrected chi connectivity index (χ3v) is 4.85. The van der Waals surface area contributed by atoms with Gasteiger partial charge in [0.05, 0.1) is 21.7 Å². The third-order valence-electron chi connectivity index (χ3n) is 3.36. The van der Waals surface area contributed by atoms with Crippen molar-refractivity contribution in [1.82, 2.24) is 0 Å². The Kier molecular flexibility index (Phi) is 5.06. The molecule has 0 N–H and O–H groups in total. The Labute approximate surface area is 152 Å². The smallest absolute Gasteiger partial charge is 0.298 e. The summed E-state index contributed by atoms with van der Waals surface area (Å²) in [4.78, 5) is 26.3. The molecule has 1 aliphatic rings. The standard InChI is InChI=1S/C18H14BrNO3S/c1-2-23-15-9-8-12(10-14(15)19)11-16-17(21)20(18(22)24-16)13-6-4-3-5-7-13/h3-11H,2H2,1H3/b16-11+. The molecule has 0 spiro atoms. The summed E-state index contributed by atoms with van der Waals surface area (Å²) in [5.74, 6) is 0.438. The number of anilines is 1. The molecule has 3 rings (SSSR count). The van der Waals surface area contributed by atoms with Gasteiger partial charge in [0, 0.05) is 0 Å². The SMILES string of the molecule is CCOc1ccc(/C=C2/SC(=O)N(c3ccccc3)C2=O)cc1Br. The van der Waals surface area contributed by atoms with Gasteiger partial charge in [0.25, 0.3) is 11.1 Å². The van der Waals surface area contributed by atoms with Gasteiger partial charge in [-0.05, 0) is 70.5 Å². The second kappa shape index (κ2) is 7.23. The van der Waals surface area contributed by atoms with E-state index in [1.54, 1.807) is 30.3 Å². The van der Waals surface area contributed by atoms with Crippen molar-refractivity contribution in [2.45, 2.75) is 6.92 Å². The number of carbonyl (C=O) groups is 2. The van der Waals surface area contributed by atoms with Gasteiger partial charge in [0.2, 0.25) is 0 Å². The highest BCUT2D eigenvalue weighted by Crippen LogP contribution is 2.36. The summed E-state index contributed by atoms with van der Waals surface area (Å²) in [6, 6.07) is 14.5. The van der Waals surface area contributed by atoms with E-state index in [0.717, 1.165) is 27.5 Å². The molecule has 6 heteroatoms. The Morgan fingerprint density at radius 1 is 1.17 bits per heavy atom. The first-order valence-corrected chi connectivity index (χ1v) is 8.96. The van der Waals surface area contributed by atoms with Crippen LogP contribution in [-0.4, -0.2) is 17.8 Å². The Bertz CT molecular complexity index is 820. The molecule has 1 fully saturated rings. The van der Waals surface area contributed by atoms with Gasteiger partial charge in [-0.2, -0.15) is 0 Å². The van der Waals surface area contributed by atoms with E-state index in [1.807, 2.05) is 31.2 Å². The van der Waals surface area contributed by atoms with Crippen LogP contribution in [0.2, 0.25) is 0 Å². The van der Waals surface area contributed by atoms with E-state index in [0.29, 0.717) is 17.2 Å². The van der Waals surface area contributed by atoms with E-state index in [2.05, 4.69) is 15.9 Å². The molecule has 0 aromatic heterocycles. The van der Waals surface area contributed by atoms with Gasteiger partial charge in [-0.25, -0.2) is 4.90 Å². The summed E-state index contributed by atoms with van der Waals surface area (Å²) in [6.07, 6.45) is 1.72. The van der Waals surface area contributed by atoms with Crippen LogP contribution in [0.1, 0.15) is 12.5 Å². The molecular weight excluding hydrogens is 390 g/mol. The van der Waals surface area contributed by atoms with Crippen molar-refractivity contribution in [2.75, 3.05) is 11.5 Å². The molecule has 2 aromatic rings. The quantitative estimate of drug-likeness (QED) is 0.667. The van der Waals surface area contributed by atoms with Gasteiger partial charge in [-0.1, -0.05) is 24.3 Å². The van der Waals surface area contributed by atoms with Crippen LogP contribution in [0.4, 0.5) is 10.5 Å². The molecule has 1 saturated heterocycles. The molecule has 0 saturated carbocycles. The van der Waals surface area contributed by atoms with Gasteiger partial charge in [0.15, 0.2) is 0 Å².